The SMILES string of the molecule is COC(=O)CC1CCN(Cc2cc(Oc3cnc(N4CCN5CCOCC5C4)nc3)nc(-c3cc(Cl)cc(Cl)c3)c2)CC1. The minimum absolute atomic E-state index is 0.141. The fourth-order valence-electron chi connectivity index (χ4n) is 6.05. The summed E-state index contributed by atoms with van der Waals surface area (Å²) in [6.45, 7) is 7.74. The van der Waals surface area contributed by atoms with Crippen LogP contribution in [-0.4, -0.2) is 96.4 Å². The number of anilines is 1. The molecule has 3 fully saturated rings. The molecule has 1 aromatic carbocycles. The standard InChI is InChI=1S/C31H36Cl2N6O4/c1-41-30(40)12-21-2-4-37(5-3-21)18-22-10-28(23-13-24(32)15-25(33)14-23)36-29(11-22)43-27-16-34-31(35-17-27)39-7-6-38-8-9-42-20-26(38)19-39/h10-11,13-17,21,26H,2-9,12,18-20H2,1H3. The first-order chi connectivity index (χ1) is 20.9. The third-order valence-electron chi connectivity index (χ3n) is 8.37. The first-order valence-electron chi connectivity index (χ1n) is 14.7. The zero-order valence-electron chi connectivity index (χ0n) is 24.3. The van der Waals surface area contributed by atoms with E-state index >= 15 is 0 Å². The number of hydrogen-bond acceptors (Lipinski definition) is 10. The van der Waals surface area contributed by atoms with Gasteiger partial charge in [0.05, 0.1) is 44.5 Å². The number of fused-ring (bicyclic) bond motifs is 1. The van der Waals surface area contributed by atoms with Crippen molar-refractivity contribution in [3.63, 3.8) is 0 Å². The van der Waals surface area contributed by atoms with Gasteiger partial charge in [-0.2, -0.15) is 0 Å². The third-order valence-corrected chi connectivity index (χ3v) is 8.81. The molecule has 0 amide bonds. The maximum atomic E-state index is 11.7. The largest absolute Gasteiger partial charge is 0.469 e. The van der Waals surface area contributed by atoms with E-state index in [2.05, 4.69) is 24.7 Å². The van der Waals surface area contributed by atoms with Gasteiger partial charge in [-0.1, -0.05) is 23.2 Å². The normalized spacial score (nSPS) is 20.1. The fraction of sp³-hybridized carbons (Fsp3) is 0.484. The van der Waals surface area contributed by atoms with E-state index in [1.807, 2.05) is 24.3 Å². The highest BCUT2D eigenvalue weighted by molar-refractivity contribution is 6.35. The molecule has 6 rings (SSSR count). The number of benzene rings is 1. The van der Waals surface area contributed by atoms with E-state index in [0.29, 0.717) is 51.7 Å². The smallest absolute Gasteiger partial charge is 0.305 e. The molecule has 0 radical (unpaired) electrons. The Morgan fingerprint density at radius 2 is 1.77 bits per heavy atom. The average Bonchev–Trinajstić information content (AvgIpc) is 3.01. The Morgan fingerprint density at radius 1 is 1.00 bits per heavy atom. The molecule has 43 heavy (non-hydrogen) atoms. The van der Waals surface area contributed by atoms with Crippen LogP contribution in [0.4, 0.5) is 5.95 Å². The molecule has 3 aromatic rings. The van der Waals surface area contributed by atoms with E-state index in [4.69, 9.17) is 42.4 Å². The maximum absolute atomic E-state index is 11.7. The van der Waals surface area contributed by atoms with Crippen LogP contribution >= 0.6 is 23.2 Å². The van der Waals surface area contributed by atoms with Crippen LogP contribution in [-0.2, 0) is 20.8 Å². The Kier molecular flexibility index (Phi) is 9.59. The molecule has 3 saturated heterocycles. The van der Waals surface area contributed by atoms with Crippen LogP contribution in [0.1, 0.15) is 24.8 Å². The molecule has 0 N–H and O–H groups in total. The van der Waals surface area contributed by atoms with Gasteiger partial charge in [0, 0.05) is 60.8 Å². The van der Waals surface area contributed by atoms with Gasteiger partial charge in [0.2, 0.25) is 11.8 Å². The van der Waals surface area contributed by atoms with Crippen LogP contribution in [0, 0.1) is 5.92 Å². The van der Waals surface area contributed by atoms with E-state index < -0.39 is 0 Å². The summed E-state index contributed by atoms with van der Waals surface area (Å²) in [5.74, 6) is 1.84. The van der Waals surface area contributed by atoms with Crippen LogP contribution in [0.3, 0.4) is 0 Å². The number of hydrogen-bond donors (Lipinski definition) is 0. The maximum Gasteiger partial charge on any atom is 0.305 e. The van der Waals surface area contributed by atoms with Crippen LogP contribution < -0.4 is 9.64 Å². The molecule has 1 unspecified atom stereocenters. The number of carbonyl (C=O) groups is 1. The monoisotopic (exact) mass is 626 g/mol. The number of ether oxygens (including phenoxy) is 3. The van der Waals surface area contributed by atoms with Gasteiger partial charge in [-0.3, -0.25) is 14.6 Å². The number of morpholine rings is 1. The zero-order valence-corrected chi connectivity index (χ0v) is 25.8. The van der Waals surface area contributed by atoms with Gasteiger partial charge in [0.25, 0.3) is 0 Å². The Balaban J connectivity index is 1.17. The second-order valence-electron chi connectivity index (χ2n) is 11.4. The molecule has 0 bridgehead atoms. The first kappa shape index (κ1) is 30.0. The lowest BCUT2D eigenvalue weighted by molar-refractivity contribution is -0.142. The van der Waals surface area contributed by atoms with Gasteiger partial charge in [0.1, 0.15) is 0 Å². The second-order valence-corrected chi connectivity index (χ2v) is 12.3. The van der Waals surface area contributed by atoms with Gasteiger partial charge in [0.15, 0.2) is 5.75 Å². The molecule has 0 saturated carbocycles. The molecule has 10 nitrogen and oxygen atoms in total. The molecule has 3 aliphatic rings. The Morgan fingerprint density at radius 3 is 2.51 bits per heavy atom. The third kappa shape index (κ3) is 7.74. The van der Waals surface area contributed by atoms with E-state index in [1.165, 1.54) is 7.11 Å². The van der Waals surface area contributed by atoms with Crippen molar-refractivity contribution in [3.8, 4) is 22.9 Å². The lowest BCUT2D eigenvalue weighted by Gasteiger charge is -2.43. The lowest BCUT2D eigenvalue weighted by Crippen LogP contribution is -2.58. The highest BCUT2D eigenvalue weighted by atomic mass is 35.5. The Bertz CT molecular complexity index is 1400. The van der Waals surface area contributed by atoms with E-state index in [9.17, 15) is 4.79 Å². The molecular weight excluding hydrogens is 591 g/mol. The van der Waals surface area contributed by atoms with Crippen molar-refractivity contribution in [2.45, 2.75) is 31.8 Å². The predicted molar refractivity (Wildman–Crippen MR) is 165 cm³/mol. The summed E-state index contributed by atoms with van der Waals surface area (Å²) in [5.41, 5.74) is 2.56. The minimum Gasteiger partial charge on any atom is -0.469 e. The van der Waals surface area contributed by atoms with Crippen molar-refractivity contribution >= 4 is 35.1 Å². The van der Waals surface area contributed by atoms with Gasteiger partial charge in [-0.25, -0.2) is 15.0 Å². The van der Waals surface area contributed by atoms with Crippen molar-refractivity contribution in [1.29, 1.82) is 0 Å². The average molecular weight is 628 g/mol. The number of piperidine rings is 1. The summed E-state index contributed by atoms with van der Waals surface area (Å²) in [4.78, 5) is 32.8. The van der Waals surface area contributed by atoms with Gasteiger partial charge in [-0.05, 0) is 61.7 Å². The fourth-order valence-corrected chi connectivity index (χ4v) is 6.58. The van der Waals surface area contributed by atoms with E-state index in [1.54, 1.807) is 18.5 Å². The number of rotatable bonds is 8. The molecular formula is C31H36Cl2N6O4. The van der Waals surface area contributed by atoms with Crippen LogP contribution in [0.15, 0.2) is 42.7 Å². The summed E-state index contributed by atoms with van der Waals surface area (Å²) >= 11 is 12.7. The number of esters is 1. The zero-order chi connectivity index (χ0) is 29.8. The Labute approximate surface area is 261 Å². The van der Waals surface area contributed by atoms with Crippen molar-refractivity contribution in [2.75, 3.05) is 64.5 Å². The second kappa shape index (κ2) is 13.7. The molecule has 2 aromatic heterocycles. The molecule has 12 heteroatoms. The number of aromatic nitrogens is 3. The summed E-state index contributed by atoms with van der Waals surface area (Å²) < 4.78 is 16.7. The molecule has 1 atom stereocenters. The number of pyridine rings is 1. The summed E-state index contributed by atoms with van der Waals surface area (Å²) in [6.07, 6.45) is 5.77. The number of halogens is 2. The van der Waals surface area contributed by atoms with Crippen molar-refractivity contribution in [3.05, 3.63) is 58.3 Å². The molecule has 228 valence electrons. The molecule has 0 aliphatic carbocycles. The van der Waals surface area contributed by atoms with Crippen LogP contribution in [0.25, 0.3) is 11.3 Å². The summed E-state index contributed by atoms with van der Waals surface area (Å²) in [7, 11) is 1.44. The summed E-state index contributed by atoms with van der Waals surface area (Å²) in [5, 5.41) is 1.07. The van der Waals surface area contributed by atoms with Gasteiger partial charge >= 0.3 is 5.97 Å². The quantitative estimate of drug-likeness (QED) is 0.320. The first-order valence-corrected chi connectivity index (χ1v) is 15.5. The van der Waals surface area contributed by atoms with Gasteiger partial charge < -0.3 is 19.1 Å². The number of methoxy groups -OCH3 is 1. The molecule has 5 heterocycles. The summed E-state index contributed by atoms with van der Waals surface area (Å²) in [6, 6.07) is 9.75. The lowest BCUT2D eigenvalue weighted by atomic mass is 9.93. The topological polar surface area (TPSA) is 93.2 Å². The van der Waals surface area contributed by atoms with E-state index in [-0.39, 0.29) is 5.97 Å². The van der Waals surface area contributed by atoms with Crippen molar-refractivity contribution in [2.24, 2.45) is 5.92 Å². The van der Waals surface area contributed by atoms with Gasteiger partial charge in [-0.15, -0.1) is 0 Å². The number of piperazine rings is 1. The highest BCUT2D eigenvalue weighted by Gasteiger charge is 2.30. The number of likely N-dealkylation sites (tertiary alicyclic amines) is 1. The molecule has 3 aliphatic heterocycles. The highest BCUT2D eigenvalue weighted by Crippen LogP contribution is 2.31. The number of nitrogens with zero attached hydrogens (tertiary/aromatic N) is 6. The van der Waals surface area contributed by atoms with Crippen molar-refractivity contribution in [1.82, 2.24) is 24.8 Å². The molecule has 0 spiro atoms. The minimum atomic E-state index is -0.141. The number of carbonyl (C=O) groups excluding carboxylic acids is 1. The Hall–Kier alpha value is -3.02. The van der Waals surface area contributed by atoms with Crippen molar-refractivity contribution < 1.29 is 19.0 Å². The van der Waals surface area contributed by atoms with Crippen LogP contribution in [0.2, 0.25) is 10.0 Å². The van der Waals surface area contributed by atoms with Crippen LogP contribution in [0.5, 0.6) is 11.6 Å². The van der Waals surface area contributed by atoms with E-state index in [0.717, 1.165) is 83.0 Å². The predicted octanol–water partition coefficient (Wildman–Crippen LogP) is 4.93.